The number of H-pyrrole nitrogens is 1. The molecule has 0 aliphatic heterocycles. The predicted octanol–water partition coefficient (Wildman–Crippen LogP) is 2.88. The summed E-state index contributed by atoms with van der Waals surface area (Å²) in [5, 5.41) is 18.0. The number of non-ortho nitro benzene ring substituents is 1. The molecule has 1 heterocycles. The van der Waals surface area contributed by atoms with Crippen LogP contribution in [0.25, 0.3) is 10.9 Å². The number of carbonyl (C=O) groups excluding carboxylic acids is 1. The van der Waals surface area contributed by atoms with Gasteiger partial charge in [-0.25, -0.2) is 4.39 Å². The Kier molecular flexibility index (Phi) is 3.95. The molecule has 7 nitrogen and oxygen atoms in total. The number of nitrogens with one attached hydrogen (secondary N) is 1. The topological polar surface area (TPSA) is 92.1 Å². The fourth-order valence-corrected chi connectivity index (χ4v) is 2.39. The summed E-state index contributed by atoms with van der Waals surface area (Å²) in [7, 11) is 1.59. The summed E-state index contributed by atoms with van der Waals surface area (Å²) in [6.07, 6.45) is 0. The molecule has 0 fully saturated rings. The zero-order chi connectivity index (χ0) is 17.3. The molecule has 0 saturated heterocycles. The molecule has 0 aliphatic carbocycles. The highest BCUT2D eigenvalue weighted by Crippen LogP contribution is 2.23. The number of benzene rings is 2. The van der Waals surface area contributed by atoms with Crippen LogP contribution in [-0.4, -0.2) is 33.0 Å². The van der Waals surface area contributed by atoms with Crippen molar-refractivity contribution in [3.8, 4) is 0 Å². The van der Waals surface area contributed by atoms with Gasteiger partial charge in [0.25, 0.3) is 11.6 Å². The summed E-state index contributed by atoms with van der Waals surface area (Å²) in [5.74, 6) is -0.732. The molecule has 1 aromatic heterocycles. The van der Waals surface area contributed by atoms with Crippen molar-refractivity contribution in [2.75, 3.05) is 7.05 Å². The highest BCUT2D eigenvalue weighted by molar-refractivity contribution is 6.05. The SMILES string of the molecule is CN(Cc1ccc(F)cc1)C(=O)c1n[nH]c2ccc([N+](=O)[O-])cc12. The fraction of sp³-hybridized carbons (Fsp3) is 0.125. The molecular weight excluding hydrogens is 315 g/mol. The van der Waals surface area contributed by atoms with E-state index >= 15 is 0 Å². The Balaban J connectivity index is 1.88. The number of nitro benzene ring substituents is 1. The van der Waals surface area contributed by atoms with Crippen molar-refractivity contribution < 1.29 is 14.1 Å². The van der Waals surface area contributed by atoms with Crippen LogP contribution in [-0.2, 0) is 6.54 Å². The third kappa shape index (κ3) is 2.94. The Hall–Kier alpha value is -3.29. The van der Waals surface area contributed by atoms with E-state index in [2.05, 4.69) is 10.2 Å². The summed E-state index contributed by atoms with van der Waals surface area (Å²) < 4.78 is 12.9. The lowest BCUT2D eigenvalue weighted by molar-refractivity contribution is -0.384. The van der Waals surface area contributed by atoms with Gasteiger partial charge in [0.15, 0.2) is 5.69 Å². The van der Waals surface area contributed by atoms with Gasteiger partial charge in [0.1, 0.15) is 5.82 Å². The molecule has 0 spiro atoms. The van der Waals surface area contributed by atoms with Gasteiger partial charge in [-0.1, -0.05) is 12.1 Å². The van der Waals surface area contributed by atoms with Gasteiger partial charge < -0.3 is 4.90 Å². The fourth-order valence-electron chi connectivity index (χ4n) is 2.39. The van der Waals surface area contributed by atoms with Crippen LogP contribution in [0.4, 0.5) is 10.1 Å². The smallest absolute Gasteiger partial charge is 0.275 e. The molecule has 3 aromatic rings. The number of hydrogen-bond donors (Lipinski definition) is 1. The van der Waals surface area contributed by atoms with Gasteiger partial charge >= 0.3 is 0 Å². The number of aromatic nitrogens is 2. The first kappa shape index (κ1) is 15.6. The molecular formula is C16H13FN4O3. The van der Waals surface area contributed by atoms with Crippen LogP contribution < -0.4 is 0 Å². The highest BCUT2D eigenvalue weighted by atomic mass is 19.1. The number of halogens is 1. The van der Waals surface area contributed by atoms with E-state index in [9.17, 15) is 19.3 Å². The number of hydrogen-bond acceptors (Lipinski definition) is 4. The second kappa shape index (κ2) is 6.07. The molecule has 24 heavy (non-hydrogen) atoms. The predicted molar refractivity (Wildman–Crippen MR) is 84.9 cm³/mol. The summed E-state index contributed by atoms with van der Waals surface area (Å²) in [4.78, 5) is 24.4. The number of nitro groups is 1. The van der Waals surface area contributed by atoms with E-state index in [0.29, 0.717) is 10.9 Å². The summed E-state index contributed by atoms with van der Waals surface area (Å²) >= 11 is 0. The van der Waals surface area contributed by atoms with Crippen LogP contribution in [0.3, 0.4) is 0 Å². The van der Waals surface area contributed by atoms with E-state index in [-0.39, 0.29) is 29.7 Å². The molecule has 122 valence electrons. The maximum Gasteiger partial charge on any atom is 0.275 e. The zero-order valence-corrected chi connectivity index (χ0v) is 12.7. The minimum atomic E-state index is -0.525. The number of carbonyl (C=O) groups is 1. The van der Waals surface area contributed by atoms with Gasteiger partial charge in [0.05, 0.1) is 10.4 Å². The van der Waals surface area contributed by atoms with Crippen molar-refractivity contribution in [2.45, 2.75) is 6.54 Å². The van der Waals surface area contributed by atoms with E-state index in [4.69, 9.17) is 0 Å². The van der Waals surface area contributed by atoms with E-state index in [1.54, 1.807) is 19.2 Å². The first-order chi connectivity index (χ1) is 11.5. The maximum absolute atomic E-state index is 12.9. The van der Waals surface area contributed by atoms with Gasteiger partial charge in [-0.05, 0) is 23.8 Å². The Bertz CT molecular complexity index is 921. The van der Waals surface area contributed by atoms with Crippen LogP contribution in [0, 0.1) is 15.9 Å². The number of amides is 1. The molecule has 1 amide bonds. The van der Waals surface area contributed by atoms with Crippen LogP contribution in [0.5, 0.6) is 0 Å². The minimum absolute atomic E-state index is 0.110. The van der Waals surface area contributed by atoms with Gasteiger partial charge in [-0.15, -0.1) is 0 Å². The summed E-state index contributed by atoms with van der Waals surface area (Å²) in [6, 6.07) is 9.99. The second-order valence-electron chi connectivity index (χ2n) is 5.35. The Morgan fingerprint density at radius 2 is 2.00 bits per heavy atom. The Morgan fingerprint density at radius 3 is 2.67 bits per heavy atom. The molecule has 2 aromatic carbocycles. The number of aromatic amines is 1. The van der Waals surface area contributed by atoms with Crippen molar-refractivity contribution in [3.05, 3.63) is 69.7 Å². The molecule has 0 unspecified atom stereocenters. The summed E-state index contributed by atoms with van der Waals surface area (Å²) in [5.41, 5.74) is 1.30. The van der Waals surface area contributed by atoms with E-state index in [1.807, 2.05) is 0 Å². The second-order valence-corrected chi connectivity index (χ2v) is 5.35. The third-order valence-electron chi connectivity index (χ3n) is 3.64. The number of fused-ring (bicyclic) bond motifs is 1. The molecule has 3 rings (SSSR count). The average Bonchev–Trinajstić information content (AvgIpc) is 2.99. The lowest BCUT2D eigenvalue weighted by Crippen LogP contribution is -2.26. The average molecular weight is 328 g/mol. The molecule has 0 atom stereocenters. The summed E-state index contributed by atoms with van der Waals surface area (Å²) in [6.45, 7) is 0.266. The number of rotatable bonds is 4. The Morgan fingerprint density at radius 1 is 1.29 bits per heavy atom. The minimum Gasteiger partial charge on any atom is -0.336 e. The van der Waals surface area contributed by atoms with E-state index < -0.39 is 4.92 Å². The first-order valence-corrected chi connectivity index (χ1v) is 7.08. The maximum atomic E-state index is 12.9. The van der Waals surface area contributed by atoms with Gasteiger partial charge in [-0.2, -0.15) is 5.10 Å². The molecule has 0 aliphatic rings. The van der Waals surface area contributed by atoms with Gasteiger partial charge in [0, 0.05) is 31.1 Å². The first-order valence-electron chi connectivity index (χ1n) is 7.08. The van der Waals surface area contributed by atoms with Crippen molar-refractivity contribution in [2.24, 2.45) is 0 Å². The molecule has 1 N–H and O–H groups in total. The van der Waals surface area contributed by atoms with E-state index in [1.165, 1.54) is 35.2 Å². The monoisotopic (exact) mass is 328 g/mol. The number of nitrogens with zero attached hydrogens (tertiary/aromatic N) is 3. The lowest BCUT2D eigenvalue weighted by Gasteiger charge is -2.16. The van der Waals surface area contributed by atoms with Gasteiger partial charge in [0.2, 0.25) is 0 Å². The van der Waals surface area contributed by atoms with Crippen molar-refractivity contribution >= 4 is 22.5 Å². The highest BCUT2D eigenvalue weighted by Gasteiger charge is 2.20. The third-order valence-corrected chi connectivity index (χ3v) is 3.64. The largest absolute Gasteiger partial charge is 0.336 e. The van der Waals surface area contributed by atoms with Crippen LogP contribution >= 0.6 is 0 Å². The molecule has 0 saturated carbocycles. The van der Waals surface area contributed by atoms with Crippen LogP contribution in [0.1, 0.15) is 16.1 Å². The molecule has 8 heteroatoms. The lowest BCUT2D eigenvalue weighted by atomic mass is 10.1. The van der Waals surface area contributed by atoms with Crippen LogP contribution in [0.2, 0.25) is 0 Å². The van der Waals surface area contributed by atoms with Gasteiger partial charge in [-0.3, -0.25) is 20.0 Å². The normalized spacial score (nSPS) is 10.8. The molecule has 0 radical (unpaired) electrons. The molecule has 0 bridgehead atoms. The zero-order valence-electron chi connectivity index (χ0n) is 12.7. The van der Waals surface area contributed by atoms with Crippen molar-refractivity contribution in [1.29, 1.82) is 0 Å². The van der Waals surface area contributed by atoms with Crippen LogP contribution in [0.15, 0.2) is 42.5 Å². The van der Waals surface area contributed by atoms with E-state index in [0.717, 1.165) is 5.56 Å². The van der Waals surface area contributed by atoms with Crippen molar-refractivity contribution in [3.63, 3.8) is 0 Å². The quantitative estimate of drug-likeness (QED) is 0.589. The standard InChI is InChI=1S/C16H13FN4O3/c1-20(9-10-2-4-11(17)5-3-10)16(22)15-13-8-12(21(23)24)6-7-14(13)18-19-15/h2-8H,9H2,1H3,(H,18,19). The Labute approximate surface area is 135 Å². The van der Waals surface area contributed by atoms with Crippen molar-refractivity contribution in [1.82, 2.24) is 15.1 Å².